The minimum atomic E-state index is -0.696. The van der Waals surface area contributed by atoms with Gasteiger partial charge in [-0.1, -0.05) is 6.07 Å². The van der Waals surface area contributed by atoms with Crippen LogP contribution in [0.4, 0.5) is 9.80 Å². The summed E-state index contributed by atoms with van der Waals surface area (Å²) in [6.07, 6.45) is -0.696. The van der Waals surface area contributed by atoms with Gasteiger partial charge >= 0.3 is 12.1 Å². The van der Waals surface area contributed by atoms with Crippen LogP contribution < -0.4 is 15.6 Å². The van der Waals surface area contributed by atoms with Gasteiger partial charge in [0.25, 0.3) is 5.56 Å². The summed E-state index contributed by atoms with van der Waals surface area (Å²) >= 11 is 1.09. The minimum absolute atomic E-state index is 0.0302. The maximum absolute atomic E-state index is 13.2. The predicted octanol–water partition coefficient (Wildman–Crippen LogP) is 3.20. The van der Waals surface area contributed by atoms with Crippen molar-refractivity contribution in [2.45, 2.75) is 13.8 Å². The van der Waals surface area contributed by atoms with Crippen molar-refractivity contribution in [3.8, 4) is 11.4 Å². The Kier molecular flexibility index (Phi) is 6.13. The predicted molar refractivity (Wildman–Crippen MR) is 108 cm³/mol. The van der Waals surface area contributed by atoms with Gasteiger partial charge in [-0.15, -0.1) is 11.3 Å². The van der Waals surface area contributed by atoms with Gasteiger partial charge in [0, 0.05) is 16.8 Å². The van der Waals surface area contributed by atoms with Crippen LogP contribution in [0.2, 0.25) is 0 Å². The van der Waals surface area contributed by atoms with Gasteiger partial charge in [-0.2, -0.15) is 9.78 Å². The first-order chi connectivity index (χ1) is 14.0. The van der Waals surface area contributed by atoms with E-state index in [1.54, 1.807) is 43.5 Å². The van der Waals surface area contributed by atoms with Gasteiger partial charge in [0.15, 0.2) is 5.69 Å². The molecule has 0 unspecified atom stereocenters. The molecule has 9 nitrogen and oxygen atoms in total. The second-order valence-electron chi connectivity index (χ2n) is 5.69. The summed E-state index contributed by atoms with van der Waals surface area (Å²) in [5.41, 5.74) is -0.137. The van der Waals surface area contributed by atoms with Crippen LogP contribution in [0.25, 0.3) is 16.5 Å². The molecule has 0 aliphatic carbocycles. The van der Waals surface area contributed by atoms with E-state index in [-0.39, 0.29) is 29.3 Å². The third-order valence-corrected chi connectivity index (χ3v) is 4.81. The van der Waals surface area contributed by atoms with Crippen LogP contribution in [0, 0.1) is 0 Å². The lowest BCUT2D eigenvalue weighted by molar-refractivity contribution is 0.0520. The largest absolute Gasteiger partial charge is 0.497 e. The van der Waals surface area contributed by atoms with E-state index in [0.29, 0.717) is 16.8 Å². The quantitative estimate of drug-likeness (QED) is 0.614. The summed E-state index contributed by atoms with van der Waals surface area (Å²) in [5.74, 6) is -0.154. The molecule has 0 atom stereocenters. The zero-order valence-corrected chi connectivity index (χ0v) is 16.9. The number of nitrogens with one attached hydrogen (secondary N) is 1. The summed E-state index contributed by atoms with van der Waals surface area (Å²) in [4.78, 5) is 37.5. The van der Waals surface area contributed by atoms with Crippen LogP contribution in [-0.4, -0.2) is 42.2 Å². The number of aromatic nitrogens is 2. The monoisotopic (exact) mass is 417 g/mol. The molecule has 0 aliphatic heterocycles. The summed E-state index contributed by atoms with van der Waals surface area (Å²) < 4.78 is 16.3. The molecule has 2 heterocycles. The number of esters is 1. The molecule has 0 radical (unpaired) electrons. The summed E-state index contributed by atoms with van der Waals surface area (Å²) in [6.45, 7) is 3.68. The smallest absolute Gasteiger partial charge is 0.412 e. The Balaban J connectivity index is 2.25. The Hall–Kier alpha value is -3.40. The van der Waals surface area contributed by atoms with Crippen LogP contribution in [0.3, 0.4) is 0 Å². The summed E-state index contributed by atoms with van der Waals surface area (Å²) in [7, 11) is 1.50. The molecule has 0 saturated heterocycles. The maximum Gasteiger partial charge on any atom is 0.412 e. The fourth-order valence-corrected chi connectivity index (χ4v) is 3.59. The number of amides is 1. The van der Waals surface area contributed by atoms with Crippen molar-refractivity contribution < 1.29 is 23.8 Å². The van der Waals surface area contributed by atoms with Crippen molar-refractivity contribution in [2.75, 3.05) is 25.6 Å². The highest BCUT2D eigenvalue weighted by molar-refractivity contribution is 7.16. The van der Waals surface area contributed by atoms with Crippen LogP contribution in [0.15, 0.2) is 34.4 Å². The van der Waals surface area contributed by atoms with E-state index in [1.807, 2.05) is 0 Å². The highest BCUT2D eigenvalue weighted by Crippen LogP contribution is 2.31. The number of carbonyl (C=O) groups is 2. The zero-order chi connectivity index (χ0) is 21.0. The molecule has 1 aromatic carbocycles. The number of ether oxygens (including phenoxy) is 3. The van der Waals surface area contributed by atoms with Gasteiger partial charge in [0.2, 0.25) is 0 Å². The molecule has 0 aliphatic rings. The van der Waals surface area contributed by atoms with Crippen molar-refractivity contribution in [2.24, 2.45) is 0 Å². The molecule has 10 heteroatoms. The number of hydrogen-bond donors (Lipinski definition) is 1. The molecule has 3 aromatic rings. The number of anilines is 1. The standard InChI is InChI=1S/C19H19N3O6S/c1-4-27-18(24)15-13-10-29-16(20-19(25)28-5-2)14(13)17(23)22(21-15)11-7-6-8-12(9-11)26-3/h6-10H,4-5H2,1-3H3,(H,20,25). The Labute approximate surface area is 169 Å². The van der Waals surface area contributed by atoms with Gasteiger partial charge in [0.05, 0.1) is 31.4 Å². The van der Waals surface area contributed by atoms with Crippen molar-refractivity contribution >= 4 is 39.2 Å². The minimum Gasteiger partial charge on any atom is -0.497 e. The van der Waals surface area contributed by atoms with Gasteiger partial charge < -0.3 is 14.2 Å². The lowest BCUT2D eigenvalue weighted by atomic mass is 10.2. The van der Waals surface area contributed by atoms with E-state index in [4.69, 9.17) is 14.2 Å². The first-order valence-corrected chi connectivity index (χ1v) is 9.67. The van der Waals surface area contributed by atoms with Crippen LogP contribution >= 0.6 is 11.3 Å². The number of methoxy groups -OCH3 is 1. The van der Waals surface area contributed by atoms with E-state index in [2.05, 4.69) is 10.4 Å². The molecule has 1 N–H and O–H groups in total. The maximum atomic E-state index is 13.2. The van der Waals surface area contributed by atoms with Crippen LogP contribution in [0.1, 0.15) is 24.3 Å². The van der Waals surface area contributed by atoms with Crippen molar-refractivity contribution in [1.82, 2.24) is 9.78 Å². The van der Waals surface area contributed by atoms with Crippen molar-refractivity contribution in [3.05, 3.63) is 45.7 Å². The zero-order valence-electron chi connectivity index (χ0n) is 16.1. The number of benzene rings is 1. The number of thiophene rings is 1. The molecule has 0 saturated carbocycles. The van der Waals surface area contributed by atoms with E-state index >= 15 is 0 Å². The fourth-order valence-electron chi connectivity index (χ4n) is 2.67. The molecule has 152 valence electrons. The molecule has 3 rings (SSSR count). The van der Waals surface area contributed by atoms with Gasteiger partial charge in [-0.25, -0.2) is 9.59 Å². The third kappa shape index (κ3) is 4.06. The first-order valence-electron chi connectivity index (χ1n) is 8.80. The number of hydrogen-bond acceptors (Lipinski definition) is 8. The SMILES string of the molecule is CCOC(=O)Nc1scc2c(C(=O)OCC)nn(-c3cccc(OC)c3)c(=O)c12. The van der Waals surface area contributed by atoms with E-state index in [0.717, 1.165) is 16.0 Å². The second-order valence-corrected chi connectivity index (χ2v) is 6.57. The van der Waals surface area contributed by atoms with Crippen molar-refractivity contribution in [3.63, 3.8) is 0 Å². The van der Waals surface area contributed by atoms with Crippen LogP contribution in [0.5, 0.6) is 5.75 Å². The van der Waals surface area contributed by atoms with E-state index in [9.17, 15) is 14.4 Å². The number of rotatable bonds is 6. The Morgan fingerprint density at radius 3 is 2.66 bits per heavy atom. The molecule has 1 amide bonds. The van der Waals surface area contributed by atoms with Crippen molar-refractivity contribution in [1.29, 1.82) is 0 Å². The number of fused-ring (bicyclic) bond motifs is 1. The summed E-state index contributed by atoms with van der Waals surface area (Å²) in [5, 5.41) is 9.05. The fraction of sp³-hybridized carbons (Fsp3) is 0.263. The number of carbonyl (C=O) groups excluding carboxylic acids is 2. The normalized spacial score (nSPS) is 10.6. The second kappa shape index (κ2) is 8.74. The summed E-state index contributed by atoms with van der Waals surface area (Å²) in [6, 6.07) is 6.68. The van der Waals surface area contributed by atoms with Gasteiger partial charge in [0.1, 0.15) is 10.8 Å². The highest BCUT2D eigenvalue weighted by atomic mass is 32.1. The molecule has 2 aromatic heterocycles. The molecular formula is C19H19N3O6S. The average Bonchev–Trinajstić information content (AvgIpc) is 3.12. The third-order valence-electron chi connectivity index (χ3n) is 3.91. The lowest BCUT2D eigenvalue weighted by Crippen LogP contribution is -2.25. The number of nitrogens with zero attached hydrogens (tertiary/aromatic N) is 2. The molecule has 0 spiro atoms. The lowest BCUT2D eigenvalue weighted by Gasteiger charge is -2.10. The van der Waals surface area contributed by atoms with Gasteiger partial charge in [-0.05, 0) is 26.0 Å². The molecular weight excluding hydrogens is 398 g/mol. The Morgan fingerprint density at radius 2 is 1.97 bits per heavy atom. The van der Waals surface area contributed by atoms with E-state index < -0.39 is 17.6 Å². The highest BCUT2D eigenvalue weighted by Gasteiger charge is 2.23. The Morgan fingerprint density at radius 1 is 1.21 bits per heavy atom. The topological polar surface area (TPSA) is 109 Å². The van der Waals surface area contributed by atoms with Crippen LogP contribution in [-0.2, 0) is 9.47 Å². The molecule has 0 fully saturated rings. The molecule has 0 bridgehead atoms. The van der Waals surface area contributed by atoms with Gasteiger partial charge in [-0.3, -0.25) is 10.1 Å². The average molecular weight is 417 g/mol. The van der Waals surface area contributed by atoms with E-state index in [1.165, 1.54) is 7.11 Å². The Bertz CT molecular complexity index is 1120. The molecule has 29 heavy (non-hydrogen) atoms. The first kappa shape index (κ1) is 20.3.